The summed E-state index contributed by atoms with van der Waals surface area (Å²) in [6.45, 7) is 6.38. The minimum absolute atomic E-state index is 0.863. The van der Waals surface area contributed by atoms with Gasteiger partial charge in [-0.1, -0.05) is 48.4 Å². The maximum absolute atomic E-state index is 6.11. The first kappa shape index (κ1) is 13.3. The Bertz CT molecular complexity index is 344. The average molecular weight is 238 g/mol. The lowest BCUT2D eigenvalue weighted by Crippen LogP contribution is -2.13. The first-order valence-corrected chi connectivity index (χ1v) is 6.21. The summed E-state index contributed by atoms with van der Waals surface area (Å²) in [5.41, 5.74) is 2.59. The summed E-state index contributed by atoms with van der Waals surface area (Å²) < 4.78 is 0. The molecular weight excluding hydrogens is 218 g/mol. The predicted molar refractivity (Wildman–Crippen MR) is 72.1 cm³/mol. The van der Waals surface area contributed by atoms with Crippen LogP contribution >= 0.6 is 11.6 Å². The van der Waals surface area contributed by atoms with Gasteiger partial charge in [-0.2, -0.15) is 0 Å². The van der Waals surface area contributed by atoms with Crippen molar-refractivity contribution in [2.45, 2.75) is 26.7 Å². The second-order valence-electron chi connectivity index (χ2n) is 3.96. The predicted octanol–water partition coefficient (Wildman–Crippen LogP) is 3.83. The van der Waals surface area contributed by atoms with Crippen molar-refractivity contribution in [3.63, 3.8) is 0 Å². The van der Waals surface area contributed by atoms with E-state index in [1.165, 1.54) is 11.1 Å². The van der Waals surface area contributed by atoms with E-state index in [0.717, 1.165) is 31.0 Å². The molecule has 0 aliphatic carbocycles. The second kappa shape index (κ2) is 7.48. The van der Waals surface area contributed by atoms with Crippen molar-refractivity contribution in [3.05, 3.63) is 46.5 Å². The van der Waals surface area contributed by atoms with Gasteiger partial charge in [-0.15, -0.1) is 0 Å². The first-order valence-electron chi connectivity index (χ1n) is 5.83. The van der Waals surface area contributed by atoms with E-state index in [2.05, 4.69) is 31.3 Å². The molecule has 2 heteroatoms. The van der Waals surface area contributed by atoms with Gasteiger partial charge in [-0.3, -0.25) is 0 Å². The summed E-state index contributed by atoms with van der Waals surface area (Å²) in [5.74, 6) is 0. The van der Waals surface area contributed by atoms with Crippen molar-refractivity contribution in [1.29, 1.82) is 0 Å². The van der Waals surface area contributed by atoms with Gasteiger partial charge in [0.2, 0.25) is 0 Å². The summed E-state index contributed by atoms with van der Waals surface area (Å²) in [6.07, 6.45) is 4.32. The molecule has 0 aromatic heterocycles. The van der Waals surface area contributed by atoms with Crippen LogP contribution in [0.25, 0.3) is 0 Å². The van der Waals surface area contributed by atoms with E-state index in [4.69, 9.17) is 11.6 Å². The highest BCUT2D eigenvalue weighted by Crippen LogP contribution is 2.18. The molecule has 0 unspecified atom stereocenters. The lowest BCUT2D eigenvalue weighted by Gasteiger charge is -2.04. The van der Waals surface area contributed by atoms with E-state index in [1.807, 2.05) is 18.2 Å². The van der Waals surface area contributed by atoms with Gasteiger partial charge in [0.15, 0.2) is 0 Å². The molecule has 0 bridgehead atoms. The van der Waals surface area contributed by atoms with Gasteiger partial charge in [0.25, 0.3) is 0 Å². The van der Waals surface area contributed by atoms with Gasteiger partial charge in [0.05, 0.1) is 0 Å². The van der Waals surface area contributed by atoms with E-state index in [-0.39, 0.29) is 0 Å². The average Bonchev–Trinajstić information content (AvgIpc) is 2.28. The normalized spacial score (nSPS) is 11.8. The molecule has 1 aromatic carbocycles. The van der Waals surface area contributed by atoms with Crippen LogP contribution < -0.4 is 5.32 Å². The van der Waals surface area contributed by atoms with Gasteiger partial charge < -0.3 is 5.32 Å². The minimum Gasteiger partial charge on any atom is -0.317 e. The van der Waals surface area contributed by atoms with Crippen LogP contribution in [0.2, 0.25) is 5.02 Å². The third-order valence-electron chi connectivity index (χ3n) is 2.49. The van der Waals surface area contributed by atoms with Gasteiger partial charge in [0, 0.05) is 5.02 Å². The Morgan fingerprint density at radius 1 is 1.38 bits per heavy atom. The summed E-state index contributed by atoms with van der Waals surface area (Å²) >= 11 is 6.11. The van der Waals surface area contributed by atoms with Crippen LogP contribution in [0.4, 0.5) is 0 Å². The number of hydrogen-bond donors (Lipinski definition) is 1. The second-order valence-corrected chi connectivity index (χ2v) is 4.37. The third-order valence-corrected chi connectivity index (χ3v) is 2.86. The third kappa shape index (κ3) is 4.82. The van der Waals surface area contributed by atoms with Crippen LogP contribution in [-0.4, -0.2) is 13.1 Å². The molecule has 0 saturated carbocycles. The number of halogens is 1. The van der Waals surface area contributed by atoms with Crippen molar-refractivity contribution in [1.82, 2.24) is 5.32 Å². The van der Waals surface area contributed by atoms with Crippen molar-refractivity contribution in [2.24, 2.45) is 0 Å². The highest BCUT2D eigenvalue weighted by atomic mass is 35.5. The molecular formula is C14H20ClN. The van der Waals surface area contributed by atoms with Gasteiger partial charge in [0.1, 0.15) is 0 Å². The summed E-state index contributed by atoms with van der Waals surface area (Å²) in [5, 5.41) is 4.17. The van der Waals surface area contributed by atoms with Crippen LogP contribution in [0.5, 0.6) is 0 Å². The molecule has 0 aliphatic heterocycles. The van der Waals surface area contributed by atoms with E-state index >= 15 is 0 Å². The Morgan fingerprint density at radius 3 is 2.81 bits per heavy atom. The molecule has 0 fully saturated rings. The molecule has 0 radical (unpaired) electrons. The lowest BCUT2D eigenvalue weighted by atomic mass is 10.1. The largest absolute Gasteiger partial charge is 0.317 e. The molecule has 0 spiro atoms. The molecule has 1 nitrogen and oxygen atoms in total. The maximum Gasteiger partial charge on any atom is 0.0441 e. The SMILES string of the molecule is CCNCCC=C(C)Cc1ccccc1Cl. The smallest absolute Gasteiger partial charge is 0.0441 e. The Hall–Kier alpha value is -0.790. The van der Waals surface area contributed by atoms with Crippen molar-refractivity contribution in [3.8, 4) is 0 Å². The van der Waals surface area contributed by atoms with Gasteiger partial charge in [-0.05, 0) is 44.5 Å². The zero-order valence-electron chi connectivity index (χ0n) is 10.1. The molecule has 0 amide bonds. The van der Waals surface area contributed by atoms with Crippen LogP contribution in [0, 0.1) is 0 Å². The lowest BCUT2D eigenvalue weighted by molar-refractivity contribution is 0.724. The summed E-state index contributed by atoms with van der Waals surface area (Å²) in [7, 11) is 0. The molecule has 1 N–H and O–H groups in total. The van der Waals surface area contributed by atoms with E-state index in [9.17, 15) is 0 Å². The first-order chi connectivity index (χ1) is 7.74. The van der Waals surface area contributed by atoms with Crippen LogP contribution in [0.3, 0.4) is 0 Å². The van der Waals surface area contributed by atoms with E-state index in [1.54, 1.807) is 0 Å². The Morgan fingerprint density at radius 2 is 2.12 bits per heavy atom. The van der Waals surface area contributed by atoms with Crippen LogP contribution in [0.1, 0.15) is 25.8 Å². The molecule has 1 rings (SSSR count). The van der Waals surface area contributed by atoms with Crippen molar-refractivity contribution in [2.75, 3.05) is 13.1 Å². The number of allylic oxidation sites excluding steroid dienone is 1. The van der Waals surface area contributed by atoms with E-state index < -0.39 is 0 Å². The van der Waals surface area contributed by atoms with Crippen molar-refractivity contribution >= 4 is 11.6 Å². The van der Waals surface area contributed by atoms with Crippen molar-refractivity contribution < 1.29 is 0 Å². The number of benzene rings is 1. The van der Waals surface area contributed by atoms with Crippen LogP contribution in [0.15, 0.2) is 35.9 Å². The quantitative estimate of drug-likeness (QED) is 0.586. The minimum atomic E-state index is 0.863. The molecule has 0 heterocycles. The topological polar surface area (TPSA) is 12.0 Å². The molecule has 0 saturated heterocycles. The highest BCUT2D eigenvalue weighted by molar-refractivity contribution is 6.31. The van der Waals surface area contributed by atoms with Gasteiger partial charge in [-0.25, -0.2) is 0 Å². The number of rotatable bonds is 6. The highest BCUT2D eigenvalue weighted by Gasteiger charge is 1.99. The van der Waals surface area contributed by atoms with E-state index in [0.29, 0.717) is 0 Å². The monoisotopic (exact) mass is 237 g/mol. The molecule has 0 atom stereocenters. The number of nitrogens with one attached hydrogen (secondary N) is 1. The Labute approximate surface area is 104 Å². The molecule has 88 valence electrons. The summed E-state index contributed by atoms with van der Waals surface area (Å²) in [6, 6.07) is 8.04. The fourth-order valence-electron chi connectivity index (χ4n) is 1.61. The molecule has 0 aliphatic rings. The zero-order valence-corrected chi connectivity index (χ0v) is 10.8. The summed E-state index contributed by atoms with van der Waals surface area (Å²) in [4.78, 5) is 0. The fraction of sp³-hybridized carbons (Fsp3) is 0.429. The molecule has 16 heavy (non-hydrogen) atoms. The maximum atomic E-state index is 6.11. The number of hydrogen-bond acceptors (Lipinski definition) is 1. The Balaban J connectivity index is 2.44. The van der Waals surface area contributed by atoms with Gasteiger partial charge >= 0.3 is 0 Å². The van der Waals surface area contributed by atoms with Crippen LogP contribution in [-0.2, 0) is 6.42 Å². The standard InChI is InChI=1S/C14H20ClN/c1-3-16-10-6-7-12(2)11-13-8-4-5-9-14(13)15/h4-5,7-9,16H,3,6,10-11H2,1-2H3. The zero-order chi connectivity index (χ0) is 11.8. The fourth-order valence-corrected chi connectivity index (χ4v) is 1.81. The molecule has 1 aromatic rings. The Kier molecular flexibility index (Phi) is 6.20.